The van der Waals surface area contributed by atoms with E-state index in [1.165, 1.54) is 6.42 Å². The van der Waals surface area contributed by atoms with Crippen LogP contribution in [0.1, 0.15) is 63.9 Å². The van der Waals surface area contributed by atoms with Gasteiger partial charge in [0.2, 0.25) is 17.7 Å². The molecule has 220 valence electrons. The summed E-state index contributed by atoms with van der Waals surface area (Å²) in [6, 6.07) is 9.25. The molecule has 5 aliphatic rings. The average Bonchev–Trinajstić information content (AvgIpc) is 3.24. The van der Waals surface area contributed by atoms with E-state index in [-0.39, 0.29) is 30.4 Å². The monoisotopic (exact) mass is 561 g/mol. The van der Waals surface area contributed by atoms with Crippen LogP contribution in [0, 0.1) is 11.8 Å². The molecule has 2 saturated heterocycles. The fraction of sp³-hybridized carbons (Fsp3) is 0.606. The molecule has 0 radical (unpaired) electrons. The number of carbonyl (C=O) groups excluding carboxylic acids is 3. The molecule has 1 unspecified atom stereocenters. The maximum absolute atomic E-state index is 14.5. The average molecular weight is 562 g/mol. The van der Waals surface area contributed by atoms with Gasteiger partial charge < -0.3 is 24.5 Å². The molecule has 3 fully saturated rings. The Labute approximate surface area is 243 Å². The van der Waals surface area contributed by atoms with E-state index in [1.54, 1.807) is 4.90 Å². The summed E-state index contributed by atoms with van der Waals surface area (Å²) in [7, 11) is 0. The van der Waals surface area contributed by atoms with Crippen molar-refractivity contribution < 1.29 is 24.2 Å². The number of benzene rings is 1. The molecule has 4 heterocycles. The van der Waals surface area contributed by atoms with Gasteiger partial charge in [0.1, 0.15) is 11.6 Å². The van der Waals surface area contributed by atoms with Crippen LogP contribution in [0.25, 0.3) is 0 Å². The molecular weight excluding hydrogens is 518 g/mol. The fourth-order valence-corrected chi connectivity index (χ4v) is 8.07. The third-order valence-electron chi connectivity index (χ3n) is 9.96. The predicted octanol–water partition coefficient (Wildman–Crippen LogP) is 3.45. The van der Waals surface area contributed by atoms with E-state index < -0.39 is 29.1 Å². The molecule has 1 spiro atoms. The first-order valence-electron chi connectivity index (χ1n) is 15.5. The second-order valence-electron chi connectivity index (χ2n) is 12.6. The van der Waals surface area contributed by atoms with E-state index in [0.717, 1.165) is 37.7 Å². The molecule has 41 heavy (non-hydrogen) atoms. The number of unbranched alkanes of at least 4 members (excludes halogenated alkanes) is 2. The van der Waals surface area contributed by atoms with Crippen LogP contribution in [-0.2, 0) is 25.7 Å². The van der Waals surface area contributed by atoms with E-state index in [9.17, 15) is 19.5 Å². The number of ether oxygens (including phenoxy) is 1. The maximum atomic E-state index is 14.5. The maximum Gasteiger partial charge on any atom is 0.249 e. The van der Waals surface area contributed by atoms with Crippen molar-refractivity contribution in [2.24, 2.45) is 11.8 Å². The number of aliphatic hydroxyl groups excluding tert-OH is 1. The van der Waals surface area contributed by atoms with Crippen LogP contribution in [0.15, 0.2) is 54.6 Å². The normalized spacial score (nSPS) is 33.6. The number of aliphatic hydroxyl groups is 1. The van der Waals surface area contributed by atoms with Crippen molar-refractivity contribution >= 4 is 17.7 Å². The van der Waals surface area contributed by atoms with E-state index in [4.69, 9.17) is 4.74 Å². The number of amides is 3. The summed E-state index contributed by atoms with van der Waals surface area (Å²) >= 11 is 0. The summed E-state index contributed by atoms with van der Waals surface area (Å²) in [5.74, 6) is -1.85. The van der Waals surface area contributed by atoms with Crippen LogP contribution in [0.4, 0.5) is 0 Å². The summed E-state index contributed by atoms with van der Waals surface area (Å²) in [4.78, 5) is 48.9. The molecular formula is C33H43N3O5. The van der Waals surface area contributed by atoms with Crippen molar-refractivity contribution in [2.75, 3.05) is 26.2 Å². The number of hydrogen-bond acceptors (Lipinski definition) is 5. The Hall–Kier alpha value is -2.97. The van der Waals surface area contributed by atoms with Gasteiger partial charge in [0.25, 0.3) is 0 Å². The van der Waals surface area contributed by atoms with Crippen molar-refractivity contribution in [3.05, 3.63) is 60.2 Å². The quantitative estimate of drug-likeness (QED) is 0.388. The first kappa shape index (κ1) is 28.2. The minimum absolute atomic E-state index is 0.0578. The first-order valence-corrected chi connectivity index (χ1v) is 15.5. The van der Waals surface area contributed by atoms with Gasteiger partial charge in [-0.25, -0.2) is 0 Å². The molecule has 8 heteroatoms. The van der Waals surface area contributed by atoms with Crippen molar-refractivity contribution in [1.29, 1.82) is 0 Å². The van der Waals surface area contributed by atoms with Gasteiger partial charge in [-0.2, -0.15) is 0 Å². The van der Waals surface area contributed by atoms with Gasteiger partial charge in [-0.15, -0.1) is 0 Å². The van der Waals surface area contributed by atoms with Crippen molar-refractivity contribution in [2.45, 2.75) is 88.1 Å². The largest absolute Gasteiger partial charge is 0.396 e. The first-order chi connectivity index (χ1) is 19.9. The molecule has 0 aromatic heterocycles. The van der Waals surface area contributed by atoms with Crippen LogP contribution in [0.2, 0.25) is 0 Å². The SMILES string of the molecule is C[C@@]12C=CCN(Cc3ccccc3)C(=O)[C@@H]1[C@H]1C(=O)N(CCCCCO)C3C(=O)N(C4CCCCC4)CC=C[C@@]31O2. The van der Waals surface area contributed by atoms with Crippen LogP contribution in [0.5, 0.6) is 0 Å². The summed E-state index contributed by atoms with van der Waals surface area (Å²) in [6.07, 6.45) is 15.3. The van der Waals surface area contributed by atoms with E-state index >= 15 is 0 Å². The molecule has 4 aliphatic heterocycles. The highest BCUT2D eigenvalue weighted by molar-refractivity contribution is 6.00. The molecule has 6 rings (SSSR count). The van der Waals surface area contributed by atoms with Crippen LogP contribution < -0.4 is 0 Å². The minimum Gasteiger partial charge on any atom is -0.396 e. The summed E-state index contributed by atoms with van der Waals surface area (Å²) in [5.41, 5.74) is -1.18. The topological polar surface area (TPSA) is 90.4 Å². The lowest BCUT2D eigenvalue weighted by Gasteiger charge is -2.40. The molecule has 3 amide bonds. The Morgan fingerprint density at radius 3 is 2.39 bits per heavy atom. The summed E-state index contributed by atoms with van der Waals surface area (Å²) in [6.45, 7) is 3.80. The van der Waals surface area contributed by atoms with Gasteiger partial charge in [-0.05, 0) is 44.6 Å². The van der Waals surface area contributed by atoms with Crippen molar-refractivity contribution in [1.82, 2.24) is 14.7 Å². The summed E-state index contributed by atoms with van der Waals surface area (Å²) in [5, 5.41) is 9.31. The Morgan fingerprint density at radius 2 is 1.63 bits per heavy atom. The van der Waals surface area contributed by atoms with E-state index in [2.05, 4.69) is 0 Å². The minimum atomic E-state index is -1.20. The highest BCUT2D eigenvalue weighted by Crippen LogP contribution is 2.57. The van der Waals surface area contributed by atoms with E-state index in [0.29, 0.717) is 39.0 Å². The van der Waals surface area contributed by atoms with Gasteiger partial charge in [0.05, 0.1) is 17.4 Å². The smallest absolute Gasteiger partial charge is 0.249 e. The van der Waals surface area contributed by atoms with Gasteiger partial charge in [0, 0.05) is 38.8 Å². The fourth-order valence-electron chi connectivity index (χ4n) is 8.07. The summed E-state index contributed by atoms with van der Waals surface area (Å²) < 4.78 is 6.96. The van der Waals surface area contributed by atoms with Gasteiger partial charge in [-0.3, -0.25) is 14.4 Å². The molecule has 1 aliphatic carbocycles. The highest BCUT2D eigenvalue weighted by Gasteiger charge is 2.74. The van der Waals surface area contributed by atoms with E-state index in [1.807, 2.05) is 71.4 Å². The number of carbonyl (C=O) groups is 3. The molecule has 1 aromatic carbocycles. The molecule has 1 aromatic rings. The number of rotatable bonds is 8. The number of likely N-dealkylation sites (tertiary alicyclic amines) is 1. The lowest BCUT2D eigenvalue weighted by atomic mass is 9.74. The Kier molecular flexibility index (Phi) is 7.81. The predicted molar refractivity (Wildman–Crippen MR) is 154 cm³/mol. The molecule has 1 N–H and O–H groups in total. The van der Waals surface area contributed by atoms with Crippen molar-refractivity contribution in [3.63, 3.8) is 0 Å². The zero-order chi connectivity index (χ0) is 28.6. The number of hydrogen-bond donors (Lipinski definition) is 1. The molecule has 1 saturated carbocycles. The lowest BCUT2D eigenvalue weighted by Crippen LogP contribution is -2.57. The molecule has 5 atom stereocenters. The standard InChI is InChI=1S/C33H43N3O5/c1-32-17-11-19-34(23-24-13-5-2-6-14-24)29(38)26(32)27-30(39)36(20-9-4-10-22-37)28-31(40)35(25-15-7-3-8-16-25)21-12-18-33(27,28)41-32/h2,5-6,11-14,17-18,25-28,37H,3-4,7-10,15-16,19-23H2,1H3/t26-,27-,28?,32+,33-/m0/s1. The zero-order valence-corrected chi connectivity index (χ0v) is 24.1. The van der Waals surface area contributed by atoms with Gasteiger partial charge >= 0.3 is 0 Å². The molecule has 8 nitrogen and oxygen atoms in total. The Morgan fingerprint density at radius 1 is 0.878 bits per heavy atom. The van der Waals surface area contributed by atoms with Crippen LogP contribution in [-0.4, -0.2) is 87.1 Å². The number of nitrogens with zero attached hydrogens (tertiary/aromatic N) is 3. The van der Waals surface area contributed by atoms with Gasteiger partial charge in [0.15, 0.2) is 0 Å². The third-order valence-corrected chi connectivity index (χ3v) is 9.96. The third kappa shape index (κ3) is 4.83. The van der Waals surface area contributed by atoms with Gasteiger partial charge in [-0.1, -0.05) is 73.9 Å². The second kappa shape index (κ2) is 11.4. The van der Waals surface area contributed by atoms with Crippen molar-refractivity contribution in [3.8, 4) is 0 Å². The second-order valence-corrected chi connectivity index (χ2v) is 12.6. The Balaban J connectivity index is 1.38. The lowest BCUT2D eigenvalue weighted by molar-refractivity contribution is -0.154. The molecule has 0 bridgehead atoms. The van der Waals surface area contributed by atoms with Crippen LogP contribution >= 0.6 is 0 Å². The zero-order valence-electron chi connectivity index (χ0n) is 24.1. The number of fused-ring (bicyclic) bond motifs is 2. The Bertz CT molecular complexity index is 1210. The highest BCUT2D eigenvalue weighted by atomic mass is 16.5. The van der Waals surface area contributed by atoms with Crippen LogP contribution in [0.3, 0.4) is 0 Å².